The van der Waals surface area contributed by atoms with Crippen LogP contribution in [0.15, 0.2) is 60.8 Å². The molecule has 3 aromatic rings. The number of amides is 1. The summed E-state index contributed by atoms with van der Waals surface area (Å²) in [5, 5.41) is 2.93. The van der Waals surface area contributed by atoms with Gasteiger partial charge in [-0.15, -0.1) is 0 Å². The Morgan fingerprint density at radius 1 is 1.04 bits per heavy atom. The van der Waals surface area contributed by atoms with Gasteiger partial charge in [-0.25, -0.2) is 4.98 Å². The Morgan fingerprint density at radius 3 is 2.67 bits per heavy atom. The maximum atomic E-state index is 12.5. The van der Waals surface area contributed by atoms with Crippen LogP contribution >= 0.6 is 0 Å². The minimum atomic E-state index is -0.115. The van der Waals surface area contributed by atoms with Gasteiger partial charge in [0.05, 0.1) is 11.9 Å². The van der Waals surface area contributed by atoms with Gasteiger partial charge in [0.1, 0.15) is 5.82 Å². The van der Waals surface area contributed by atoms with E-state index in [9.17, 15) is 4.79 Å². The first-order valence-corrected chi connectivity index (χ1v) is 9.32. The molecule has 1 amide bonds. The minimum Gasteiger partial charge on any atom is -0.326 e. The van der Waals surface area contributed by atoms with Crippen LogP contribution in [0.4, 0.5) is 17.2 Å². The molecule has 0 atom stereocenters. The molecule has 0 saturated heterocycles. The molecule has 0 saturated carbocycles. The van der Waals surface area contributed by atoms with E-state index in [-0.39, 0.29) is 5.91 Å². The maximum absolute atomic E-state index is 12.5. The first-order chi connectivity index (χ1) is 13.1. The number of pyridine rings is 1. The van der Waals surface area contributed by atoms with Gasteiger partial charge >= 0.3 is 0 Å². The topological polar surface area (TPSA) is 45.2 Å². The number of hydrogen-bond donors (Lipinski definition) is 1. The van der Waals surface area contributed by atoms with E-state index in [1.807, 2.05) is 44.2 Å². The van der Waals surface area contributed by atoms with E-state index in [4.69, 9.17) is 0 Å². The van der Waals surface area contributed by atoms with Crippen molar-refractivity contribution in [2.45, 2.75) is 26.7 Å². The third-order valence-corrected chi connectivity index (χ3v) is 5.16. The van der Waals surface area contributed by atoms with Crippen LogP contribution in [0.3, 0.4) is 0 Å². The van der Waals surface area contributed by atoms with Crippen molar-refractivity contribution in [2.75, 3.05) is 16.8 Å². The number of carbonyl (C=O) groups is 1. The summed E-state index contributed by atoms with van der Waals surface area (Å²) >= 11 is 0. The molecule has 0 spiro atoms. The Morgan fingerprint density at radius 2 is 1.89 bits per heavy atom. The molecule has 1 aromatic heterocycles. The number of para-hydroxylation sites is 1. The highest BCUT2D eigenvalue weighted by Crippen LogP contribution is 2.32. The SMILES string of the molecule is Cc1ccc(C(=O)Nc2ccc(N3CCCc4ccccc43)nc2)cc1C. The molecule has 0 aliphatic carbocycles. The zero-order valence-electron chi connectivity index (χ0n) is 15.7. The van der Waals surface area contributed by atoms with Crippen LogP contribution in [0.25, 0.3) is 0 Å². The highest BCUT2D eigenvalue weighted by molar-refractivity contribution is 6.04. The lowest BCUT2D eigenvalue weighted by atomic mass is 10.0. The molecule has 27 heavy (non-hydrogen) atoms. The fourth-order valence-electron chi connectivity index (χ4n) is 3.48. The lowest BCUT2D eigenvalue weighted by Crippen LogP contribution is -2.25. The van der Waals surface area contributed by atoms with E-state index in [1.54, 1.807) is 6.20 Å². The molecular formula is C23H23N3O. The molecule has 0 unspecified atom stereocenters. The molecule has 0 bridgehead atoms. The van der Waals surface area contributed by atoms with Crippen molar-refractivity contribution in [3.8, 4) is 0 Å². The molecule has 0 fully saturated rings. The molecule has 136 valence electrons. The number of rotatable bonds is 3. The highest BCUT2D eigenvalue weighted by Gasteiger charge is 2.18. The van der Waals surface area contributed by atoms with E-state index >= 15 is 0 Å². The monoisotopic (exact) mass is 357 g/mol. The van der Waals surface area contributed by atoms with Gasteiger partial charge in [0.25, 0.3) is 5.91 Å². The van der Waals surface area contributed by atoms with Gasteiger partial charge < -0.3 is 10.2 Å². The van der Waals surface area contributed by atoms with Gasteiger partial charge in [-0.05, 0) is 73.7 Å². The standard InChI is InChI=1S/C23H23N3O/c1-16-9-10-19(14-17(16)2)23(27)25-20-11-12-22(24-15-20)26-13-5-7-18-6-3-4-8-21(18)26/h3-4,6,8-12,14-15H,5,7,13H2,1-2H3,(H,25,27). The average molecular weight is 357 g/mol. The number of carbonyl (C=O) groups excluding carboxylic acids is 1. The number of benzene rings is 2. The quantitative estimate of drug-likeness (QED) is 0.715. The first kappa shape index (κ1) is 17.3. The van der Waals surface area contributed by atoms with E-state index in [2.05, 4.69) is 39.5 Å². The summed E-state index contributed by atoms with van der Waals surface area (Å²) in [4.78, 5) is 19.3. The zero-order valence-corrected chi connectivity index (χ0v) is 15.7. The maximum Gasteiger partial charge on any atom is 0.255 e. The smallest absolute Gasteiger partial charge is 0.255 e. The van der Waals surface area contributed by atoms with Gasteiger partial charge in [0.2, 0.25) is 0 Å². The second kappa shape index (κ2) is 7.23. The second-order valence-electron chi connectivity index (χ2n) is 7.04. The molecule has 4 rings (SSSR count). The van der Waals surface area contributed by atoms with E-state index < -0.39 is 0 Å². The predicted molar refractivity (Wildman–Crippen MR) is 110 cm³/mol. The van der Waals surface area contributed by atoms with Crippen LogP contribution < -0.4 is 10.2 Å². The number of nitrogens with one attached hydrogen (secondary N) is 1. The van der Waals surface area contributed by atoms with Gasteiger partial charge in [0, 0.05) is 17.8 Å². The molecule has 2 aromatic carbocycles. The minimum absolute atomic E-state index is 0.115. The van der Waals surface area contributed by atoms with Crippen LogP contribution in [0, 0.1) is 13.8 Å². The molecule has 1 aliphatic rings. The third kappa shape index (κ3) is 3.56. The molecule has 1 N–H and O–H groups in total. The number of hydrogen-bond acceptors (Lipinski definition) is 3. The number of aromatic nitrogens is 1. The Balaban J connectivity index is 1.51. The second-order valence-corrected chi connectivity index (χ2v) is 7.04. The molecule has 0 radical (unpaired) electrons. The molecule has 1 aliphatic heterocycles. The van der Waals surface area contributed by atoms with Crippen molar-refractivity contribution >= 4 is 23.1 Å². The fraction of sp³-hybridized carbons (Fsp3) is 0.217. The average Bonchev–Trinajstić information content (AvgIpc) is 2.70. The van der Waals surface area contributed by atoms with Crippen LogP contribution in [-0.4, -0.2) is 17.4 Å². The van der Waals surface area contributed by atoms with Gasteiger partial charge in [-0.2, -0.15) is 0 Å². The Hall–Kier alpha value is -3.14. The van der Waals surface area contributed by atoms with Crippen molar-refractivity contribution in [3.05, 3.63) is 83.0 Å². The zero-order chi connectivity index (χ0) is 18.8. The normalized spacial score (nSPS) is 13.2. The van der Waals surface area contributed by atoms with Crippen LogP contribution in [0.2, 0.25) is 0 Å². The third-order valence-electron chi connectivity index (χ3n) is 5.16. The number of anilines is 3. The molecule has 4 heteroatoms. The number of aryl methyl sites for hydroxylation is 3. The van der Waals surface area contributed by atoms with Crippen molar-refractivity contribution in [1.29, 1.82) is 0 Å². The van der Waals surface area contributed by atoms with E-state index in [1.165, 1.54) is 16.8 Å². The van der Waals surface area contributed by atoms with Gasteiger partial charge in [-0.1, -0.05) is 24.3 Å². The van der Waals surface area contributed by atoms with Gasteiger partial charge in [-0.3, -0.25) is 4.79 Å². The number of fused-ring (bicyclic) bond motifs is 1. The highest BCUT2D eigenvalue weighted by atomic mass is 16.1. The van der Waals surface area contributed by atoms with Crippen LogP contribution in [-0.2, 0) is 6.42 Å². The summed E-state index contributed by atoms with van der Waals surface area (Å²) < 4.78 is 0. The van der Waals surface area contributed by atoms with Crippen LogP contribution in [0.5, 0.6) is 0 Å². The van der Waals surface area contributed by atoms with Crippen LogP contribution in [0.1, 0.15) is 33.5 Å². The van der Waals surface area contributed by atoms with Gasteiger partial charge in [0.15, 0.2) is 0 Å². The summed E-state index contributed by atoms with van der Waals surface area (Å²) in [5.41, 5.74) is 6.24. The predicted octanol–water partition coefficient (Wildman–Crippen LogP) is 5.04. The van der Waals surface area contributed by atoms with E-state index in [0.717, 1.165) is 30.8 Å². The summed E-state index contributed by atoms with van der Waals surface area (Å²) in [6, 6.07) is 18.1. The first-order valence-electron chi connectivity index (χ1n) is 9.32. The summed E-state index contributed by atoms with van der Waals surface area (Å²) in [6.07, 6.45) is 3.95. The van der Waals surface area contributed by atoms with Crippen molar-refractivity contribution in [1.82, 2.24) is 4.98 Å². The lowest BCUT2D eigenvalue weighted by Gasteiger charge is -2.30. The fourth-order valence-corrected chi connectivity index (χ4v) is 3.48. The summed E-state index contributed by atoms with van der Waals surface area (Å²) in [6.45, 7) is 5.01. The van der Waals surface area contributed by atoms with E-state index in [0.29, 0.717) is 11.3 Å². The Labute approximate surface area is 159 Å². The molecule has 4 nitrogen and oxygen atoms in total. The van der Waals surface area contributed by atoms with Crippen molar-refractivity contribution in [2.24, 2.45) is 0 Å². The Kier molecular flexibility index (Phi) is 4.63. The summed E-state index contributed by atoms with van der Waals surface area (Å²) in [5.74, 6) is 0.794. The Bertz CT molecular complexity index is 979. The lowest BCUT2D eigenvalue weighted by molar-refractivity contribution is 0.102. The largest absolute Gasteiger partial charge is 0.326 e. The van der Waals surface area contributed by atoms with Crippen molar-refractivity contribution in [3.63, 3.8) is 0 Å². The number of nitrogens with zero attached hydrogens (tertiary/aromatic N) is 2. The van der Waals surface area contributed by atoms with Crippen molar-refractivity contribution < 1.29 is 4.79 Å². The molecule has 2 heterocycles. The molecular weight excluding hydrogens is 334 g/mol. The summed E-state index contributed by atoms with van der Waals surface area (Å²) in [7, 11) is 0.